The van der Waals surface area contributed by atoms with Crippen LogP contribution in [0.2, 0.25) is 0 Å². The summed E-state index contributed by atoms with van der Waals surface area (Å²) in [4.78, 5) is 0. The molecule has 0 aliphatic carbocycles. The summed E-state index contributed by atoms with van der Waals surface area (Å²) < 4.78 is 13.3. The lowest BCUT2D eigenvalue weighted by Crippen LogP contribution is -2.00. The summed E-state index contributed by atoms with van der Waals surface area (Å²) in [6.07, 6.45) is 6.70. The smallest absolute Gasteiger partial charge is 0.219 e. The van der Waals surface area contributed by atoms with Crippen LogP contribution in [0.4, 0.5) is 0 Å². The van der Waals surface area contributed by atoms with E-state index in [4.69, 9.17) is 9.47 Å². The third kappa shape index (κ3) is 4.32. The molecule has 0 fully saturated rings. The van der Waals surface area contributed by atoms with Gasteiger partial charge in [-0.05, 0) is 61.6 Å². The molecular weight excluding hydrogens is 376 g/mol. The van der Waals surface area contributed by atoms with Crippen molar-refractivity contribution in [3.8, 4) is 22.9 Å². The minimum absolute atomic E-state index is 0.580. The molecule has 3 rings (SSSR count). The molecule has 0 amide bonds. The molecule has 0 spiro atoms. The molecule has 30 heavy (non-hydrogen) atoms. The minimum Gasteiger partial charge on any atom is -0.478 e. The predicted octanol–water partition coefficient (Wildman–Crippen LogP) is 5.21. The van der Waals surface area contributed by atoms with Gasteiger partial charge in [0.1, 0.15) is 0 Å². The average molecular weight is 407 g/mol. The molecule has 0 atom stereocenters. The lowest BCUT2D eigenvalue weighted by atomic mass is 9.96. The lowest BCUT2D eigenvalue weighted by molar-refractivity contribution is 0.309. The largest absolute Gasteiger partial charge is 0.478 e. The van der Waals surface area contributed by atoms with Crippen LogP contribution in [-0.2, 0) is 13.5 Å². The van der Waals surface area contributed by atoms with Gasteiger partial charge in [-0.25, -0.2) is 9.78 Å². The molecule has 0 bridgehead atoms. The molecule has 6 heteroatoms. The van der Waals surface area contributed by atoms with Crippen molar-refractivity contribution in [3.05, 3.63) is 59.4 Å². The van der Waals surface area contributed by atoms with Crippen molar-refractivity contribution in [2.24, 2.45) is 7.05 Å². The molecule has 1 aromatic carbocycles. The standard InChI is InChI=1S/C24H30N4O2/c1-7-22-19(24(30-9-3)28(6)27-22)13-11-17(5)20-14-18(12-10-16(20)4)21-15-25-26-23(21)29-8-2/h10-15H,5,7-9H2,1-4,6H3,(H,25,26)/b13-11+. The Bertz CT molecular complexity index is 1060. The van der Waals surface area contributed by atoms with E-state index in [9.17, 15) is 0 Å². The molecule has 1 N–H and O–H groups in total. The van der Waals surface area contributed by atoms with E-state index in [1.807, 2.05) is 27.0 Å². The number of hydrogen-bond donors (Lipinski definition) is 1. The van der Waals surface area contributed by atoms with E-state index in [-0.39, 0.29) is 0 Å². The van der Waals surface area contributed by atoms with Gasteiger partial charge in [0.05, 0.1) is 36.2 Å². The summed E-state index contributed by atoms with van der Waals surface area (Å²) in [5.74, 6) is 1.46. The van der Waals surface area contributed by atoms with Crippen molar-refractivity contribution < 1.29 is 9.47 Å². The summed E-state index contributed by atoms with van der Waals surface area (Å²) >= 11 is 0. The van der Waals surface area contributed by atoms with Crippen molar-refractivity contribution in [1.82, 2.24) is 20.0 Å². The van der Waals surface area contributed by atoms with Crippen molar-refractivity contribution in [2.45, 2.75) is 34.1 Å². The van der Waals surface area contributed by atoms with Gasteiger partial charge in [0, 0.05) is 7.05 Å². The number of ether oxygens (including phenoxy) is 2. The molecule has 6 nitrogen and oxygen atoms in total. The first-order chi connectivity index (χ1) is 14.5. The van der Waals surface area contributed by atoms with Gasteiger partial charge in [0.25, 0.3) is 0 Å². The van der Waals surface area contributed by atoms with Gasteiger partial charge in [-0.2, -0.15) is 10.2 Å². The number of nitrogens with zero attached hydrogens (tertiary/aromatic N) is 3. The fourth-order valence-electron chi connectivity index (χ4n) is 3.46. The quantitative estimate of drug-likeness (QED) is 0.496. The van der Waals surface area contributed by atoms with Crippen LogP contribution in [0.5, 0.6) is 11.8 Å². The zero-order chi connectivity index (χ0) is 21.7. The first kappa shape index (κ1) is 21.4. The topological polar surface area (TPSA) is 65.0 Å². The zero-order valence-electron chi connectivity index (χ0n) is 18.5. The Labute approximate surface area is 178 Å². The summed E-state index contributed by atoms with van der Waals surface area (Å²) in [6.45, 7) is 13.6. The highest BCUT2D eigenvalue weighted by atomic mass is 16.5. The van der Waals surface area contributed by atoms with E-state index in [0.717, 1.165) is 51.4 Å². The highest BCUT2D eigenvalue weighted by Crippen LogP contribution is 2.32. The van der Waals surface area contributed by atoms with Crippen LogP contribution in [0.15, 0.2) is 37.1 Å². The maximum Gasteiger partial charge on any atom is 0.219 e. The van der Waals surface area contributed by atoms with E-state index >= 15 is 0 Å². The molecule has 2 aromatic heterocycles. The first-order valence-electron chi connectivity index (χ1n) is 10.3. The van der Waals surface area contributed by atoms with E-state index < -0.39 is 0 Å². The second-order valence-electron chi connectivity index (χ2n) is 7.01. The first-order valence-corrected chi connectivity index (χ1v) is 10.3. The number of H-pyrrole nitrogens is 1. The van der Waals surface area contributed by atoms with Gasteiger partial charge in [0.2, 0.25) is 11.8 Å². The Hall–Kier alpha value is -3.28. The van der Waals surface area contributed by atoms with E-state index in [1.54, 1.807) is 10.9 Å². The molecule has 0 radical (unpaired) electrons. The Morgan fingerprint density at radius 3 is 2.67 bits per heavy atom. The van der Waals surface area contributed by atoms with Crippen LogP contribution in [0.1, 0.15) is 43.2 Å². The number of aryl methyl sites for hydroxylation is 3. The minimum atomic E-state index is 0.580. The average Bonchev–Trinajstić information content (AvgIpc) is 3.32. The monoisotopic (exact) mass is 406 g/mol. The number of nitrogens with one attached hydrogen (secondary N) is 1. The number of benzene rings is 1. The van der Waals surface area contributed by atoms with E-state index in [2.05, 4.69) is 60.0 Å². The molecule has 158 valence electrons. The number of allylic oxidation sites excluding steroid dienone is 2. The van der Waals surface area contributed by atoms with Crippen molar-refractivity contribution >= 4 is 11.6 Å². The molecule has 2 heterocycles. The van der Waals surface area contributed by atoms with Gasteiger partial charge >= 0.3 is 0 Å². The fraction of sp³-hybridized carbons (Fsp3) is 0.333. The Morgan fingerprint density at radius 1 is 1.20 bits per heavy atom. The van der Waals surface area contributed by atoms with Gasteiger partial charge < -0.3 is 9.47 Å². The van der Waals surface area contributed by atoms with E-state index in [1.165, 1.54) is 0 Å². The SMILES string of the molecule is C=C(/C=C/c1c(CC)nn(C)c1OCC)c1cc(-c2cn[nH]c2OCC)ccc1C. The van der Waals surface area contributed by atoms with Crippen molar-refractivity contribution in [1.29, 1.82) is 0 Å². The predicted molar refractivity (Wildman–Crippen MR) is 122 cm³/mol. The van der Waals surface area contributed by atoms with Gasteiger partial charge in [-0.3, -0.25) is 0 Å². The molecular formula is C24H30N4O2. The summed E-state index contributed by atoms with van der Waals surface area (Å²) in [5.41, 5.74) is 7.14. The molecule has 0 saturated heterocycles. The van der Waals surface area contributed by atoms with Gasteiger partial charge in [0.15, 0.2) is 0 Å². The van der Waals surface area contributed by atoms with Crippen LogP contribution < -0.4 is 9.47 Å². The van der Waals surface area contributed by atoms with Crippen LogP contribution in [0, 0.1) is 6.92 Å². The highest BCUT2D eigenvalue weighted by molar-refractivity contribution is 5.82. The lowest BCUT2D eigenvalue weighted by Gasteiger charge is -2.10. The van der Waals surface area contributed by atoms with Crippen LogP contribution in [-0.4, -0.2) is 33.2 Å². The number of rotatable bonds is 9. The van der Waals surface area contributed by atoms with Crippen molar-refractivity contribution in [2.75, 3.05) is 13.2 Å². The third-order valence-electron chi connectivity index (χ3n) is 4.96. The van der Waals surface area contributed by atoms with E-state index in [0.29, 0.717) is 19.1 Å². The van der Waals surface area contributed by atoms with Gasteiger partial charge in [-0.15, -0.1) is 0 Å². The third-order valence-corrected chi connectivity index (χ3v) is 4.96. The normalized spacial score (nSPS) is 11.2. The van der Waals surface area contributed by atoms with Crippen LogP contribution in [0.3, 0.4) is 0 Å². The summed E-state index contributed by atoms with van der Waals surface area (Å²) in [6, 6.07) is 6.30. The van der Waals surface area contributed by atoms with Crippen LogP contribution >= 0.6 is 0 Å². The molecule has 0 aliphatic rings. The number of aromatic amines is 1. The van der Waals surface area contributed by atoms with Crippen molar-refractivity contribution in [3.63, 3.8) is 0 Å². The Balaban J connectivity index is 1.94. The second-order valence-corrected chi connectivity index (χ2v) is 7.01. The van der Waals surface area contributed by atoms with Crippen LogP contribution in [0.25, 0.3) is 22.8 Å². The second kappa shape index (κ2) is 9.48. The fourth-order valence-corrected chi connectivity index (χ4v) is 3.46. The molecule has 3 aromatic rings. The molecule has 0 aliphatic heterocycles. The summed E-state index contributed by atoms with van der Waals surface area (Å²) in [5, 5.41) is 11.6. The maximum atomic E-state index is 5.81. The molecule has 0 saturated carbocycles. The number of hydrogen-bond acceptors (Lipinski definition) is 4. The zero-order valence-corrected chi connectivity index (χ0v) is 18.5. The highest BCUT2D eigenvalue weighted by Gasteiger charge is 2.15. The Kier molecular flexibility index (Phi) is 6.77. The maximum absolute atomic E-state index is 5.81. The molecule has 0 unspecified atom stereocenters. The number of aromatic nitrogens is 4. The van der Waals surface area contributed by atoms with Gasteiger partial charge in [-0.1, -0.05) is 31.7 Å². The summed E-state index contributed by atoms with van der Waals surface area (Å²) in [7, 11) is 1.91. The Morgan fingerprint density at radius 2 is 1.97 bits per heavy atom.